The topological polar surface area (TPSA) is 70.2 Å². The van der Waals surface area contributed by atoms with Gasteiger partial charge in [-0.2, -0.15) is 0 Å². The van der Waals surface area contributed by atoms with Crippen molar-refractivity contribution in [3.8, 4) is 0 Å². The van der Waals surface area contributed by atoms with Gasteiger partial charge in [-0.05, 0) is 31.7 Å². The number of carbonyl (C=O) groups is 2. The van der Waals surface area contributed by atoms with Crippen LogP contribution in [-0.2, 0) is 9.59 Å². The number of rotatable bonds is 6. The molecule has 1 atom stereocenters. The normalized spacial score (nSPS) is 22.4. The zero-order valence-corrected chi connectivity index (χ0v) is 13.5. The van der Waals surface area contributed by atoms with Crippen LogP contribution in [-0.4, -0.2) is 38.0 Å². The number of nitrogens with one attached hydrogen (secondary N) is 3. The molecule has 1 heterocycles. The molecule has 6 heteroatoms. The van der Waals surface area contributed by atoms with E-state index >= 15 is 0 Å². The van der Waals surface area contributed by atoms with Crippen molar-refractivity contribution in [3.63, 3.8) is 0 Å². The van der Waals surface area contributed by atoms with Crippen LogP contribution in [0.5, 0.6) is 0 Å². The largest absolute Gasteiger partial charge is 0.354 e. The average Bonchev–Trinajstić information content (AvgIpc) is 2.99. The Morgan fingerprint density at radius 3 is 2.38 bits per heavy atom. The van der Waals surface area contributed by atoms with Crippen molar-refractivity contribution in [3.05, 3.63) is 0 Å². The molecule has 2 fully saturated rings. The molecule has 3 N–H and O–H groups in total. The molecule has 122 valence electrons. The summed E-state index contributed by atoms with van der Waals surface area (Å²) in [6.45, 7) is 2.78. The molecule has 1 unspecified atom stereocenters. The van der Waals surface area contributed by atoms with Crippen LogP contribution < -0.4 is 16.0 Å². The first-order valence-corrected chi connectivity index (χ1v) is 8.01. The van der Waals surface area contributed by atoms with Gasteiger partial charge in [-0.3, -0.25) is 9.59 Å². The molecule has 0 bridgehead atoms. The molecule has 0 aromatic carbocycles. The SMILES string of the molecule is Cl.O=C(CC1CCCCC1)NCCNC(=O)C1CCNC1. The van der Waals surface area contributed by atoms with Crippen LogP contribution in [0.3, 0.4) is 0 Å². The second-order valence-electron chi connectivity index (χ2n) is 6.04. The Morgan fingerprint density at radius 2 is 1.71 bits per heavy atom. The maximum absolute atomic E-state index is 11.8. The van der Waals surface area contributed by atoms with Crippen LogP contribution in [0, 0.1) is 11.8 Å². The van der Waals surface area contributed by atoms with Gasteiger partial charge in [0, 0.05) is 26.1 Å². The lowest BCUT2D eigenvalue weighted by Crippen LogP contribution is -2.38. The minimum Gasteiger partial charge on any atom is -0.354 e. The lowest BCUT2D eigenvalue weighted by molar-refractivity contribution is -0.125. The Balaban J connectivity index is 0.00000220. The third-order valence-corrected chi connectivity index (χ3v) is 4.38. The van der Waals surface area contributed by atoms with E-state index in [0.29, 0.717) is 25.4 Å². The van der Waals surface area contributed by atoms with Gasteiger partial charge in [-0.25, -0.2) is 0 Å². The van der Waals surface area contributed by atoms with Crippen LogP contribution >= 0.6 is 12.4 Å². The Morgan fingerprint density at radius 1 is 1.00 bits per heavy atom. The maximum Gasteiger partial charge on any atom is 0.224 e. The summed E-state index contributed by atoms with van der Waals surface area (Å²) in [6, 6.07) is 0. The summed E-state index contributed by atoms with van der Waals surface area (Å²) < 4.78 is 0. The van der Waals surface area contributed by atoms with Gasteiger partial charge in [-0.1, -0.05) is 19.3 Å². The maximum atomic E-state index is 11.8. The molecule has 0 spiro atoms. The van der Waals surface area contributed by atoms with Crippen molar-refractivity contribution in [2.24, 2.45) is 11.8 Å². The van der Waals surface area contributed by atoms with Gasteiger partial charge in [0.1, 0.15) is 0 Å². The molecule has 1 saturated heterocycles. The third-order valence-electron chi connectivity index (χ3n) is 4.38. The fourth-order valence-corrected chi connectivity index (χ4v) is 3.14. The highest BCUT2D eigenvalue weighted by atomic mass is 35.5. The molecule has 1 aliphatic carbocycles. The van der Waals surface area contributed by atoms with E-state index in [0.717, 1.165) is 19.5 Å². The first-order chi connectivity index (χ1) is 9.75. The first-order valence-electron chi connectivity index (χ1n) is 8.01. The summed E-state index contributed by atoms with van der Waals surface area (Å²) in [5.41, 5.74) is 0. The highest BCUT2D eigenvalue weighted by molar-refractivity contribution is 5.85. The Hall–Kier alpha value is -0.810. The van der Waals surface area contributed by atoms with Crippen LogP contribution in [0.2, 0.25) is 0 Å². The summed E-state index contributed by atoms with van der Waals surface area (Å²) in [4.78, 5) is 23.5. The fraction of sp³-hybridized carbons (Fsp3) is 0.867. The molecule has 1 saturated carbocycles. The van der Waals surface area contributed by atoms with Gasteiger partial charge in [0.05, 0.1) is 5.92 Å². The van der Waals surface area contributed by atoms with Gasteiger partial charge in [0.25, 0.3) is 0 Å². The number of hydrogen-bond donors (Lipinski definition) is 3. The van der Waals surface area contributed by atoms with E-state index in [1.807, 2.05) is 0 Å². The average molecular weight is 318 g/mol. The number of carbonyl (C=O) groups excluding carboxylic acids is 2. The summed E-state index contributed by atoms with van der Waals surface area (Å²) in [5.74, 6) is 0.918. The van der Waals surface area contributed by atoms with Crippen molar-refractivity contribution >= 4 is 24.2 Å². The van der Waals surface area contributed by atoms with E-state index in [-0.39, 0.29) is 30.1 Å². The second kappa shape index (κ2) is 10.0. The molecule has 2 aliphatic rings. The lowest BCUT2D eigenvalue weighted by Gasteiger charge is -2.20. The van der Waals surface area contributed by atoms with Crippen LogP contribution in [0.4, 0.5) is 0 Å². The molecular formula is C15H28ClN3O2. The van der Waals surface area contributed by atoms with Crippen LogP contribution in [0.1, 0.15) is 44.9 Å². The predicted molar refractivity (Wildman–Crippen MR) is 85.4 cm³/mol. The molecule has 0 aromatic heterocycles. The third kappa shape index (κ3) is 6.66. The smallest absolute Gasteiger partial charge is 0.224 e. The Kier molecular flexibility index (Phi) is 8.69. The van der Waals surface area contributed by atoms with Crippen LogP contribution in [0.25, 0.3) is 0 Å². The Labute approximate surface area is 133 Å². The zero-order chi connectivity index (χ0) is 14.2. The molecule has 0 aromatic rings. The summed E-state index contributed by atoms with van der Waals surface area (Å²) in [7, 11) is 0. The van der Waals surface area contributed by atoms with Gasteiger partial charge in [0.15, 0.2) is 0 Å². The van der Waals surface area contributed by atoms with Crippen molar-refractivity contribution < 1.29 is 9.59 Å². The first kappa shape index (κ1) is 18.2. The lowest BCUT2D eigenvalue weighted by atomic mass is 9.87. The zero-order valence-electron chi connectivity index (χ0n) is 12.7. The van der Waals surface area contributed by atoms with Crippen molar-refractivity contribution in [2.45, 2.75) is 44.9 Å². The van der Waals surface area contributed by atoms with E-state index in [1.165, 1.54) is 32.1 Å². The summed E-state index contributed by atoms with van der Waals surface area (Å²) in [5, 5.41) is 8.97. The molecular weight excluding hydrogens is 290 g/mol. The molecule has 21 heavy (non-hydrogen) atoms. The van der Waals surface area contributed by atoms with E-state index in [2.05, 4.69) is 16.0 Å². The second-order valence-corrected chi connectivity index (χ2v) is 6.04. The van der Waals surface area contributed by atoms with E-state index in [1.54, 1.807) is 0 Å². The van der Waals surface area contributed by atoms with Crippen LogP contribution in [0.15, 0.2) is 0 Å². The highest BCUT2D eigenvalue weighted by Crippen LogP contribution is 2.25. The molecule has 2 amide bonds. The predicted octanol–water partition coefficient (Wildman–Crippen LogP) is 1.22. The molecule has 2 rings (SSSR count). The van der Waals surface area contributed by atoms with Gasteiger partial charge < -0.3 is 16.0 Å². The minimum absolute atomic E-state index is 0. The van der Waals surface area contributed by atoms with Crippen molar-refractivity contribution in [1.82, 2.24) is 16.0 Å². The van der Waals surface area contributed by atoms with Crippen molar-refractivity contribution in [1.29, 1.82) is 0 Å². The monoisotopic (exact) mass is 317 g/mol. The summed E-state index contributed by atoms with van der Waals surface area (Å²) in [6.07, 6.45) is 7.81. The quantitative estimate of drug-likeness (QED) is 0.645. The van der Waals surface area contributed by atoms with E-state index < -0.39 is 0 Å². The molecule has 0 radical (unpaired) electrons. The molecule has 1 aliphatic heterocycles. The fourth-order valence-electron chi connectivity index (χ4n) is 3.14. The molecule has 5 nitrogen and oxygen atoms in total. The van der Waals surface area contributed by atoms with E-state index in [9.17, 15) is 9.59 Å². The van der Waals surface area contributed by atoms with Gasteiger partial charge in [-0.15, -0.1) is 12.4 Å². The summed E-state index contributed by atoms with van der Waals surface area (Å²) >= 11 is 0. The van der Waals surface area contributed by atoms with E-state index in [4.69, 9.17) is 0 Å². The number of amides is 2. The van der Waals surface area contributed by atoms with Gasteiger partial charge in [0.2, 0.25) is 11.8 Å². The number of hydrogen-bond acceptors (Lipinski definition) is 3. The minimum atomic E-state index is 0. The highest BCUT2D eigenvalue weighted by Gasteiger charge is 2.21. The standard InChI is InChI=1S/C15H27N3O2.ClH/c19-14(10-12-4-2-1-3-5-12)17-8-9-18-15(20)13-6-7-16-11-13;/h12-13,16H,1-11H2,(H,17,19)(H,18,20);1H. The number of halogens is 1. The van der Waals surface area contributed by atoms with Crippen molar-refractivity contribution in [2.75, 3.05) is 26.2 Å². The van der Waals surface area contributed by atoms with Gasteiger partial charge >= 0.3 is 0 Å². The Bertz CT molecular complexity index is 327.